The van der Waals surface area contributed by atoms with E-state index in [0.29, 0.717) is 12.5 Å². The molecule has 0 spiro atoms. The molecule has 0 aliphatic carbocycles. The van der Waals surface area contributed by atoms with Gasteiger partial charge in [-0.3, -0.25) is 9.69 Å². The van der Waals surface area contributed by atoms with E-state index in [4.69, 9.17) is 0 Å². The van der Waals surface area contributed by atoms with Crippen LogP contribution in [-0.2, 0) is 4.79 Å². The number of carbonyl (C=O) groups excluding carboxylic acids is 1. The van der Waals surface area contributed by atoms with Gasteiger partial charge in [0.1, 0.15) is 0 Å². The highest BCUT2D eigenvalue weighted by Crippen LogP contribution is 2.20. The minimum Gasteiger partial charge on any atom is -0.393 e. The van der Waals surface area contributed by atoms with Crippen molar-refractivity contribution in [2.75, 3.05) is 25.0 Å². The van der Waals surface area contributed by atoms with Gasteiger partial charge in [-0.05, 0) is 56.8 Å². The Morgan fingerprint density at radius 2 is 2.25 bits per heavy atom. The van der Waals surface area contributed by atoms with Crippen molar-refractivity contribution in [1.29, 1.82) is 0 Å². The first-order valence-corrected chi connectivity index (χ1v) is 7.24. The molecule has 1 aliphatic heterocycles. The van der Waals surface area contributed by atoms with Gasteiger partial charge in [-0.2, -0.15) is 0 Å². The number of aliphatic hydroxyl groups excluding tert-OH is 1. The van der Waals surface area contributed by atoms with Crippen LogP contribution in [0.4, 0.5) is 5.69 Å². The van der Waals surface area contributed by atoms with Crippen LogP contribution in [0.3, 0.4) is 0 Å². The van der Waals surface area contributed by atoms with E-state index in [1.165, 1.54) is 5.56 Å². The van der Waals surface area contributed by atoms with E-state index < -0.39 is 0 Å². The quantitative estimate of drug-likeness (QED) is 0.883. The van der Waals surface area contributed by atoms with Crippen LogP contribution in [-0.4, -0.2) is 41.7 Å². The van der Waals surface area contributed by atoms with Crippen LogP contribution in [0, 0.1) is 19.8 Å². The molecule has 4 heteroatoms. The molecule has 1 saturated heterocycles. The summed E-state index contributed by atoms with van der Waals surface area (Å²) in [6.45, 7) is 7.97. The van der Waals surface area contributed by atoms with Gasteiger partial charge in [0.15, 0.2) is 0 Å². The van der Waals surface area contributed by atoms with E-state index in [1.807, 2.05) is 39.0 Å². The molecule has 2 atom stereocenters. The molecule has 0 radical (unpaired) electrons. The van der Waals surface area contributed by atoms with Gasteiger partial charge in [-0.25, -0.2) is 0 Å². The van der Waals surface area contributed by atoms with E-state index in [9.17, 15) is 9.90 Å². The second-order valence-electron chi connectivity index (χ2n) is 5.82. The number of anilines is 1. The zero-order valence-corrected chi connectivity index (χ0v) is 12.5. The van der Waals surface area contributed by atoms with Crippen molar-refractivity contribution < 1.29 is 9.90 Å². The Bertz CT molecular complexity index is 485. The Labute approximate surface area is 120 Å². The molecule has 20 heavy (non-hydrogen) atoms. The van der Waals surface area contributed by atoms with Gasteiger partial charge in [0.2, 0.25) is 5.91 Å². The minimum absolute atomic E-state index is 0.0185. The van der Waals surface area contributed by atoms with Crippen LogP contribution in [0.15, 0.2) is 18.2 Å². The van der Waals surface area contributed by atoms with Gasteiger partial charge in [0.05, 0.1) is 12.6 Å². The molecule has 1 amide bonds. The van der Waals surface area contributed by atoms with Gasteiger partial charge in [-0.1, -0.05) is 12.1 Å². The lowest BCUT2D eigenvalue weighted by Gasteiger charge is -2.17. The Morgan fingerprint density at radius 1 is 1.50 bits per heavy atom. The fraction of sp³-hybridized carbons (Fsp3) is 0.562. The Balaban J connectivity index is 1.89. The molecule has 110 valence electrons. The van der Waals surface area contributed by atoms with E-state index in [0.717, 1.165) is 30.8 Å². The van der Waals surface area contributed by atoms with Crippen LogP contribution in [0.1, 0.15) is 24.5 Å². The molecule has 4 nitrogen and oxygen atoms in total. The Morgan fingerprint density at radius 3 is 2.90 bits per heavy atom. The first-order chi connectivity index (χ1) is 9.47. The average molecular weight is 276 g/mol. The highest BCUT2D eigenvalue weighted by Gasteiger charge is 2.27. The summed E-state index contributed by atoms with van der Waals surface area (Å²) >= 11 is 0. The maximum atomic E-state index is 12.1. The fourth-order valence-corrected chi connectivity index (χ4v) is 2.68. The zero-order valence-electron chi connectivity index (χ0n) is 12.5. The number of hydrogen-bond acceptors (Lipinski definition) is 3. The lowest BCUT2D eigenvalue weighted by molar-refractivity contribution is -0.117. The topological polar surface area (TPSA) is 52.6 Å². The van der Waals surface area contributed by atoms with Crippen LogP contribution < -0.4 is 5.32 Å². The largest absolute Gasteiger partial charge is 0.393 e. The van der Waals surface area contributed by atoms with Crippen molar-refractivity contribution in [3.05, 3.63) is 29.3 Å². The maximum absolute atomic E-state index is 12.1. The SMILES string of the molecule is Cc1cccc(NC(=O)CN2CCC(C(C)O)C2)c1C. The average Bonchev–Trinajstić information content (AvgIpc) is 2.83. The standard InChI is InChI=1S/C16H24N2O2/c1-11-5-4-6-15(12(11)2)17-16(20)10-18-8-7-14(9-18)13(3)19/h4-6,13-14,19H,7-10H2,1-3H3,(H,17,20). The van der Waals surface area contributed by atoms with Crippen LogP contribution in [0.5, 0.6) is 0 Å². The van der Waals surface area contributed by atoms with Crippen molar-refractivity contribution in [3.8, 4) is 0 Å². The highest BCUT2D eigenvalue weighted by molar-refractivity contribution is 5.93. The lowest BCUT2D eigenvalue weighted by atomic mass is 10.0. The molecule has 1 aromatic rings. The summed E-state index contributed by atoms with van der Waals surface area (Å²) in [5.41, 5.74) is 3.18. The minimum atomic E-state index is -0.290. The number of aliphatic hydroxyl groups is 1. The molecule has 0 aromatic heterocycles. The van der Waals surface area contributed by atoms with E-state index in [-0.39, 0.29) is 12.0 Å². The number of nitrogens with one attached hydrogen (secondary N) is 1. The van der Waals surface area contributed by atoms with Crippen molar-refractivity contribution in [2.24, 2.45) is 5.92 Å². The molecule has 0 bridgehead atoms. The van der Waals surface area contributed by atoms with Crippen molar-refractivity contribution in [2.45, 2.75) is 33.3 Å². The summed E-state index contributed by atoms with van der Waals surface area (Å²) in [7, 11) is 0. The summed E-state index contributed by atoms with van der Waals surface area (Å²) in [6, 6.07) is 5.93. The first-order valence-electron chi connectivity index (χ1n) is 7.24. The molecule has 0 saturated carbocycles. The monoisotopic (exact) mass is 276 g/mol. The number of benzene rings is 1. The summed E-state index contributed by atoms with van der Waals surface area (Å²) < 4.78 is 0. The molecule has 1 aromatic carbocycles. The third-order valence-electron chi connectivity index (χ3n) is 4.24. The van der Waals surface area contributed by atoms with E-state index >= 15 is 0 Å². The number of hydrogen-bond donors (Lipinski definition) is 2. The number of carbonyl (C=O) groups is 1. The molecule has 2 N–H and O–H groups in total. The summed E-state index contributed by atoms with van der Waals surface area (Å²) in [5, 5.41) is 12.6. The fourth-order valence-electron chi connectivity index (χ4n) is 2.68. The number of aryl methyl sites for hydroxylation is 1. The molecule has 2 unspecified atom stereocenters. The first kappa shape index (κ1) is 15.0. The van der Waals surface area contributed by atoms with E-state index in [2.05, 4.69) is 10.2 Å². The second kappa shape index (κ2) is 6.37. The Hall–Kier alpha value is -1.39. The third kappa shape index (κ3) is 3.58. The molecular weight excluding hydrogens is 252 g/mol. The maximum Gasteiger partial charge on any atom is 0.238 e. The van der Waals surface area contributed by atoms with Crippen LogP contribution in [0.2, 0.25) is 0 Å². The van der Waals surface area contributed by atoms with Gasteiger partial charge >= 0.3 is 0 Å². The zero-order chi connectivity index (χ0) is 14.7. The number of amides is 1. The van der Waals surface area contributed by atoms with Crippen LogP contribution in [0.25, 0.3) is 0 Å². The van der Waals surface area contributed by atoms with E-state index in [1.54, 1.807) is 0 Å². The smallest absolute Gasteiger partial charge is 0.238 e. The van der Waals surface area contributed by atoms with Crippen molar-refractivity contribution >= 4 is 11.6 Å². The molecule has 1 heterocycles. The number of nitrogens with zero attached hydrogens (tertiary/aromatic N) is 1. The van der Waals surface area contributed by atoms with Gasteiger partial charge in [-0.15, -0.1) is 0 Å². The third-order valence-corrected chi connectivity index (χ3v) is 4.24. The summed E-state index contributed by atoms with van der Waals surface area (Å²) in [5.74, 6) is 0.313. The molecule has 2 rings (SSSR count). The summed E-state index contributed by atoms with van der Waals surface area (Å²) in [4.78, 5) is 14.2. The summed E-state index contributed by atoms with van der Waals surface area (Å²) in [6.07, 6.45) is 0.677. The molecule has 1 fully saturated rings. The molecule has 1 aliphatic rings. The van der Waals surface area contributed by atoms with Gasteiger partial charge < -0.3 is 10.4 Å². The normalized spacial score (nSPS) is 20.9. The Kier molecular flexibility index (Phi) is 4.78. The predicted molar refractivity (Wildman–Crippen MR) is 80.8 cm³/mol. The number of likely N-dealkylation sites (tertiary alicyclic amines) is 1. The highest BCUT2D eigenvalue weighted by atomic mass is 16.3. The second-order valence-corrected chi connectivity index (χ2v) is 5.82. The lowest BCUT2D eigenvalue weighted by Crippen LogP contribution is -2.32. The van der Waals surface area contributed by atoms with Crippen molar-refractivity contribution in [1.82, 2.24) is 4.90 Å². The van der Waals surface area contributed by atoms with Gasteiger partial charge in [0.25, 0.3) is 0 Å². The van der Waals surface area contributed by atoms with Crippen molar-refractivity contribution in [3.63, 3.8) is 0 Å². The van der Waals surface area contributed by atoms with Crippen LogP contribution >= 0.6 is 0 Å². The van der Waals surface area contributed by atoms with Gasteiger partial charge in [0, 0.05) is 12.2 Å². The number of rotatable bonds is 4. The molecular formula is C16H24N2O2. The predicted octanol–water partition coefficient (Wildman–Crippen LogP) is 1.94.